The van der Waals surface area contributed by atoms with Crippen LogP contribution in [0.3, 0.4) is 0 Å². The molecule has 0 saturated carbocycles. The van der Waals surface area contributed by atoms with E-state index in [2.05, 4.69) is 18.0 Å². The van der Waals surface area contributed by atoms with Gasteiger partial charge in [0.15, 0.2) is 0 Å². The van der Waals surface area contributed by atoms with E-state index in [0.717, 1.165) is 27.3 Å². The van der Waals surface area contributed by atoms with Gasteiger partial charge in [0, 0.05) is 28.4 Å². The molecular weight excluding hydrogens is 228 g/mol. The Balaban J connectivity index is 2.56. The van der Waals surface area contributed by atoms with E-state index in [4.69, 9.17) is 0 Å². The van der Waals surface area contributed by atoms with Crippen LogP contribution in [-0.2, 0) is 0 Å². The van der Waals surface area contributed by atoms with Gasteiger partial charge in [-0.25, -0.2) is 0 Å². The van der Waals surface area contributed by atoms with E-state index in [1.165, 1.54) is 0 Å². The fourth-order valence-electron chi connectivity index (χ4n) is 1.68. The summed E-state index contributed by atoms with van der Waals surface area (Å²) >= 11 is 1.69. The van der Waals surface area contributed by atoms with Crippen molar-refractivity contribution in [2.45, 2.75) is 11.8 Å². The number of rotatable bonds is 3. The summed E-state index contributed by atoms with van der Waals surface area (Å²) in [5.74, 6) is 0.963. The highest BCUT2D eigenvalue weighted by Gasteiger charge is 2.09. The maximum absolute atomic E-state index is 9.30. The van der Waals surface area contributed by atoms with Gasteiger partial charge in [-0.2, -0.15) is 5.26 Å². The van der Waals surface area contributed by atoms with Gasteiger partial charge in [0.1, 0.15) is 6.07 Å². The first kappa shape index (κ1) is 11.7. The molecule has 0 saturated heterocycles. The van der Waals surface area contributed by atoms with Crippen molar-refractivity contribution >= 4 is 11.8 Å². The molecular formula is C14H12N2S. The zero-order chi connectivity index (χ0) is 12.1. The van der Waals surface area contributed by atoms with Crippen LogP contribution in [0.15, 0.2) is 47.6 Å². The predicted molar refractivity (Wildman–Crippen MR) is 70.8 cm³/mol. The lowest BCUT2D eigenvalue weighted by atomic mass is 10.0. The van der Waals surface area contributed by atoms with E-state index in [-0.39, 0.29) is 0 Å². The summed E-state index contributed by atoms with van der Waals surface area (Å²) in [4.78, 5) is 5.13. The van der Waals surface area contributed by atoms with Gasteiger partial charge in [0.05, 0.1) is 5.56 Å². The van der Waals surface area contributed by atoms with Crippen LogP contribution >= 0.6 is 11.8 Å². The number of aromatic nitrogens is 1. The minimum absolute atomic E-state index is 0.743. The van der Waals surface area contributed by atoms with Crippen LogP contribution in [0.2, 0.25) is 0 Å². The number of nitrogens with zero attached hydrogens (tertiary/aromatic N) is 2. The summed E-state index contributed by atoms with van der Waals surface area (Å²) in [5, 5.41) is 9.30. The highest BCUT2D eigenvalue weighted by Crippen LogP contribution is 2.30. The van der Waals surface area contributed by atoms with Gasteiger partial charge in [-0.3, -0.25) is 4.98 Å². The summed E-state index contributed by atoms with van der Waals surface area (Å²) in [7, 11) is 0. The Morgan fingerprint density at radius 3 is 2.82 bits per heavy atom. The second-order valence-electron chi connectivity index (χ2n) is 3.47. The lowest BCUT2D eigenvalue weighted by Crippen LogP contribution is -1.88. The van der Waals surface area contributed by atoms with E-state index in [1.54, 1.807) is 24.2 Å². The first-order valence-corrected chi connectivity index (χ1v) is 6.41. The predicted octanol–water partition coefficient (Wildman–Crippen LogP) is 3.73. The Morgan fingerprint density at radius 1 is 1.29 bits per heavy atom. The van der Waals surface area contributed by atoms with Crippen LogP contribution in [-0.4, -0.2) is 10.7 Å². The van der Waals surface area contributed by atoms with Crippen molar-refractivity contribution in [1.82, 2.24) is 4.98 Å². The topological polar surface area (TPSA) is 36.7 Å². The van der Waals surface area contributed by atoms with Gasteiger partial charge in [-0.15, -0.1) is 11.8 Å². The second kappa shape index (κ2) is 5.51. The van der Waals surface area contributed by atoms with Gasteiger partial charge in [0.25, 0.3) is 0 Å². The van der Waals surface area contributed by atoms with Gasteiger partial charge in [-0.05, 0) is 17.9 Å². The fourth-order valence-corrected chi connectivity index (χ4v) is 2.47. The lowest BCUT2D eigenvalue weighted by molar-refractivity contribution is 1.31. The molecule has 2 aromatic rings. The summed E-state index contributed by atoms with van der Waals surface area (Å²) in [6.45, 7) is 2.09. The van der Waals surface area contributed by atoms with Crippen molar-refractivity contribution in [2.24, 2.45) is 0 Å². The summed E-state index contributed by atoms with van der Waals surface area (Å²) in [5.41, 5.74) is 2.69. The zero-order valence-electron chi connectivity index (χ0n) is 9.55. The van der Waals surface area contributed by atoms with E-state index in [0.29, 0.717) is 0 Å². The molecule has 0 spiro atoms. The van der Waals surface area contributed by atoms with Crippen molar-refractivity contribution in [1.29, 1.82) is 5.26 Å². The summed E-state index contributed by atoms with van der Waals surface area (Å²) < 4.78 is 0. The molecule has 2 nitrogen and oxygen atoms in total. The Labute approximate surface area is 105 Å². The van der Waals surface area contributed by atoms with E-state index in [9.17, 15) is 5.26 Å². The van der Waals surface area contributed by atoms with Gasteiger partial charge in [0.2, 0.25) is 0 Å². The molecule has 0 atom stereocenters. The number of hydrogen-bond acceptors (Lipinski definition) is 3. The van der Waals surface area contributed by atoms with E-state index in [1.807, 2.05) is 30.3 Å². The average Bonchev–Trinajstić information content (AvgIpc) is 2.40. The van der Waals surface area contributed by atoms with Gasteiger partial charge >= 0.3 is 0 Å². The van der Waals surface area contributed by atoms with Crippen LogP contribution in [0.4, 0.5) is 0 Å². The molecule has 0 fully saturated rings. The first-order valence-electron chi connectivity index (χ1n) is 5.43. The molecule has 1 aromatic carbocycles. The SMILES string of the molecule is CCSc1cccc(-c2cccnc2)c1C#N. The van der Waals surface area contributed by atoms with Crippen LogP contribution in [0.1, 0.15) is 12.5 Å². The van der Waals surface area contributed by atoms with Crippen molar-refractivity contribution in [3.05, 3.63) is 48.3 Å². The highest BCUT2D eigenvalue weighted by atomic mass is 32.2. The van der Waals surface area contributed by atoms with Crippen molar-refractivity contribution in [3.63, 3.8) is 0 Å². The lowest BCUT2D eigenvalue weighted by Gasteiger charge is -2.07. The smallest absolute Gasteiger partial charge is 0.101 e. The number of nitriles is 1. The quantitative estimate of drug-likeness (QED) is 0.767. The largest absolute Gasteiger partial charge is 0.264 e. The van der Waals surface area contributed by atoms with Crippen LogP contribution in [0.5, 0.6) is 0 Å². The molecule has 0 bridgehead atoms. The highest BCUT2D eigenvalue weighted by molar-refractivity contribution is 7.99. The first-order chi connectivity index (χ1) is 8.36. The molecule has 0 radical (unpaired) electrons. The Bertz CT molecular complexity index is 544. The normalized spacial score (nSPS) is 9.88. The maximum atomic E-state index is 9.30. The molecule has 1 heterocycles. The molecule has 0 aliphatic heterocycles. The van der Waals surface area contributed by atoms with E-state index < -0.39 is 0 Å². The molecule has 0 aliphatic carbocycles. The average molecular weight is 240 g/mol. The zero-order valence-corrected chi connectivity index (χ0v) is 10.4. The maximum Gasteiger partial charge on any atom is 0.101 e. The van der Waals surface area contributed by atoms with Crippen molar-refractivity contribution < 1.29 is 0 Å². The van der Waals surface area contributed by atoms with Gasteiger partial charge in [-0.1, -0.05) is 25.1 Å². The van der Waals surface area contributed by atoms with Crippen molar-refractivity contribution in [2.75, 3.05) is 5.75 Å². The van der Waals surface area contributed by atoms with Crippen molar-refractivity contribution in [3.8, 4) is 17.2 Å². The minimum atomic E-state index is 0.743. The van der Waals surface area contributed by atoms with Gasteiger partial charge < -0.3 is 0 Å². The number of thioether (sulfide) groups is 1. The van der Waals surface area contributed by atoms with Crippen LogP contribution in [0.25, 0.3) is 11.1 Å². The third kappa shape index (κ3) is 2.48. The molecule has 0 unspecified atom stereocenters. The third-order valence-corrected chi connectivity index (χ3v) is 3.35. The van der Waals surface area contributed by atoms with E-state index >= 15 is 0 Å². The summed E-state index contributed by atoms with van der Waals surface area (Å²) in [6, 6.07) is 12.1. The summed E-state index contributed by atoms with van der Waals surface area (Å²) in [6.07, 6.45) is 3.52. The molecule has 2 rings (SSSR count). The third-order valence-electron chi connectivity index (χ3n) is 2.41. The molecule has 1 aromatic heterocycles. The molecule has 0 aliphatic rings. The van der Waals surface area contributed by atoms with Crippen LogP contribution < -0.4 is 0 Å². The number of benzene rings is 1. The Kier molecular flexibility index (Phi) is 3.79. The standard InChI is InChI=1S/C14H12N2S/c1-2-17-14-7-3-6-12(13(14)9-15)11-5-4-8-16-10-11/h3-8,10H,2H2,1H3. The number of pyridine rings is 1. The Morgan fingerprint density at radius 2 is 2.18 bits per heavy atom. The fraction of sp³-hybridized carbons (Fsp3) is 0.143. The molecule has 84 valence electrons. The number of hydrogen-bond donors (Lipinski definition) is 0. The van der Waals surface area contributed by atoms with Crippen LogP contribution in [0, 0.1) is 11.3 Å². The minimum Gasteiger partial charge on any atom is -0.264 e. The molecule has 17 heavy (non-hydrogen) atoms. The monoisotopic (exact) mass is 240 g/mol. The molecule has 3 heteroatoms. The molecule has 0 N–H and O–H groups in total. The molecule has 0 amide bonds. The Hall–Kier alpha value is -1.79. The second-order valence-corrected chi connectivity index (χ2v) is 4.77.